The van der Waals surface area contributed by atoms with Gasteiger partial charge in [0, 0.05) is 44.0 Å². The van der Waals surface area contributed by atoms with Gasteiger partial charge in [0.25, 0.3) is 15.9 Å². The molecule has 6 nitrogen and oxygen atoms in total. The third-order valence-corrected chi connectivity index (χ3v) is 7.10. The summed E-state index contributed by atoms with van der Waals surface area (Å²) in [5, 5.41) is 0. The molecule has 0 unspecified atom stereocenters. The fourth-order valence-electron chi connectivity index (χ4n) is 3.87. The molecular weight excluding hydrogens is 460 g/mol. The first-order valence-electron chi connectivity index (χ1n) is 10.9. The SMILES string of the molecule is O=C(c1ccc(NS(=O)(=O)c2ccc(F)cc2)cc1)N1CCCN(Cc2ccc(F)cc2)CC1. The van der Waals surface area contributed by atoms with Crippen molar-refractivity contribution in [3.8, 4) is 0 Å². The molecule has 0 bridgehead atoms. The highest BCUT2D eigenvalue weighted by molar-refractivity contribution is 7.92. The molecule has 0 aliphatic carbocycles. The van der Waals surface area contributed by atoms with Gasteiger partial charge in [-0.3, -0.25) is 14.4 Å². The van der Waals surface area contributed by atoms with Crippen LogP contribution in [0, 0.1) is 11.6 Å². The number of hydrogen-bond donors (Lipinski definition) is 1. The first-order chi connectivity index (χ1) is 16.3. The number of sulfonamides is 1. The number of nitrogens with one attached hydrogen (secondary N) is 1. The number of amides is 1. The number of carbonyl (C=O) groups is 1. The van der Waals surface area contributed by atoms with E-state index in [1.807, 2.05) is 0 Å². The van der Waals surface area contributed by atoms with Crippen LogP contribution in [0.4, 0.5) is 14.5 Å². The molecule has 0 spiro atoms. The zero-order chi connectivity index (χ0) is 24.1. The van der Waals surface area contributed by atoms with Gasteiger partial charge >= 0.3 is 0 Å². The molecule has 34 heavy (non-hydrogen) atoms. The molecule has 0 aromatic heterocycles. The summed E-state index contributed by atoms with van der Waals surface area (Å²) in [6, 6.07) is 17.2. The molecule has 1 aliphatic heterocycles. The summed E-state index contributed by atoms with van der Waals surface area (Å²) in [7, 11) is -3.86. The Morgan fingerprint density at radius 1 is 0.794 bits per heavy atom. The van der Waals surface area contributed by atoms with Crippen LogP contribution < -0.4 is 4.72 Å². The highest BCUT2D eigenvalue weighted by Gasteiger charge is 2.21. The minimum Gasteiger partial charge on any atom is -0.337 e. The summed E-state index contributed by atoms with van der Waals surface area (Å²) in [5.41, 5.74) is 1.80. The fourth-order valence-corrected chi connectivity index (χ4v) is 4.93. The Bertz CT molecular complexity index is 1230. The third-order valence-electron chi connectivity index (χ3n) is 5.70. The van der Waals surface area contributed by atoms with Crippen LogP contribution in [-0.2, 0) is 16.6 Å². The van der Waals surface area contributed by atoms with Crippen LogP contribution in [0.25, 0.3) is 0 Å². The smallest absolute Gasteiger partial charge is 0.261 e. The van der Waals surface area contributed by atoms with Crippen LogP contribution >= 0.6 is 0 Å². The van der Waals surface area contributed by atoms with Gasteiger partial charge in [0.05, 0.1) is 4.90 Å². The second kappa shape index (κ2) is 10.3. The largest absolute Gasteiger partial charge is 0.337 e. The van der Waals surface area contributed by atoms with E-state index >= 15 is 0 Å². The monoisotopic (exact) mass is 485 g/mol. The normalized spacial score (nSPS) is 15.1. The molecule has 1 fully saturated rings. The van der Waals surface area contributed by atoms with Crippen LogP contribution in [0.15, 0.2) is 77.7 Å². The van der Waals surface area contributed by atoms with Crippen molar-refractivity contribution in [1.29, 1.82) is 0 Å². The summed E-state index contributed by atoms with van der Waals surface area (Å²) >= 11 is 0. The lowest BCUT2D eigenvalue weighted by molar-refractivity contribution is 0.0761. The van der Waals surface area contributed by atoms with Gasteiger partial charge in [0.1, 0.15) is 11.6 Å². The highest BCUT2D eigenvalue weighted by Crippen LogP contribution is 2.19. The quantitative estimate of drug-likeness (QED) is 0.571. The predicted molar refractivity (Wildman–Crippen MR) is 126 cm³/mol. The molecule has 3 aromatic carbocycles. The Labute approximate surface area is 197 Å². The molecule has 178 valence electrons. The van der Waals surface area contributed by atoms with Gasteiger partial charge in [-0.05, 0) is 72.6 Å². The molecule has 9 heteroatoms. The predicted octanol–water partition coefficient (Wildman–Crippen LogP) is 4.11. The van der Waals surface area contributed by atoms with Crippen LogP contribution in [0.2, 0.25) is 0 Å². The molecule has 1 aliphatic rings. The Morgan fingerprint density at radius 2 is 1.41 bits per heavy atom. The average molecular weight is 486 g/mol. The van der Waals surface area contributed by atoms with Crippen molar-refractivity contribution in [2.45, 2.75) is 17.9 Å². The lowest BCUT2D eigenvalue weighted by Gasteiger charge is -2.22. The number of anilines is 1. The maximum atomic E-state index is 13.1. The van der Waals surface area contributed by atoms with Crippen molar-refractivity contribution >= 4 is 21.6 Å². The van der Waals surface area contributed by atoms with E-state index in [-0.39, 0.29) is 16.6 Å². The Kier molecular flexibility index (Phi) is 7.23. The summed E-state index contributed by atoms with van der Waals surface area (Å²) in [6.45, 7) is 3.44. The topological polar surface area (TPSA) is 69.7 Å². The second-order valence-electron chi connectivity index (χ2n) is 8.19. The molecule has 1 saturated heterocycles. The van der Waals surface area contributed by atoms with Gasteiger partial charge in [-0.15, -0.1) is 0 Å². The number of rotatable bonds is 6. The molecular formula is C25H25F2N3O3S. The number of benzene rings is 3. The van der Waals surface area contributed by atoms with Gasteiger partial charge in [-0.1, -0.05) is 12.1 Å². The lowest BCUT2D eigenvalue weighted by Crippen LogP contribution is -2.35. The Balaban J connectivity index is 1.35. The van der Waals surface area contributed by atoms with E-state index in [2.05, 4.69) is 9.62 Å². The van der Waals surface area contributed by atoms with Crippen molar-refractivity contribution in [2.24, 2.45) is 0 Å². The molecule has 0 atom stereocenters. The van der Waals surface area contributed by atoms with Gasteiger partial charge in [-0.25, -0.2) is 17.2 Å². The van der Waals surface area contributed by atoms with Crippen molar-refractivity contribution in [2.75, 3.05) is 30.9 Å². The number of carbonyl (C=O) groups excluding carboxylic acids is 1. The van der Waals surface area contributed by atoms with Crippen LogP contribution in [0.1, 0.15) is 22.3 Å². The summed E-state index contributed by atoms with van der Waals surface area (Å²) in [4.78, 5) is 17.0. The van der Waals surface area contributed by atoms with Crippen molar-refractivity contribution < 1.29 is 22.0 Å². The van der Waals surface area contributed by atoms with Crippen molar-refractivity contribution in [1.82, 2.24) is 9.80 Å². The van der Waals surface area contributed by atoms with Crippen LogP contribution in [0.3, 0.4) is 0 Å². The number of nitrogens with zero attached hydrogens (tertiary/aromatic N) is 2. The second-order valence-corrected chi connectivity index (χ2v) is 9.87. The Morgan fingerprint density at radius 3 is 2.06 bits per heavy atom. The van der Waals surface area contributed by atoms with Gasteiger partial charge in [0.15, 0.2) is 0 Å². The Hall–Kier alpha value is -3.30. The summed E-state index contributed by atoms with van der Waals surface area (Å²) in [6.07, 6.45) is 0.822. The van der Waals surface area contributed by atoms with E-state index in [1.54, 1.807) is 29.2 Å². The standard InChI is InChI=1S/C25H25F2N3O3S/c26-21-6-2-19(3-7-21)18-29-14-1-15-30(17-16-29)25(31)20-4-10-23(11-5-20)28-34(32,33)24-12-8-22(27)9-13-24/h2-13,28H,1,14-18H2. The van der Waals surface area contributed by atoms with Gasteiger partial charge < -0.3 is 4.90 Å². The lowest BCUT2D eigenvalue weighted by atomic mass is 10.2. The minimum atomic E-state index is -3.86. The van der Waals surface area contributed by atoms with E-state index in [0.717, 1.165) is 30.7 Å². The minimum absolute atomic E-state index is 0.0520. The van der Waals surface area contributed by atoms with Gasteiger partial charge in [-0.2, -0.15) is 0 Å². The molecule has 3 aromatic rings. The highest BCUT2D eigenvalue weighted by atomic mass is 32.2. The average Bonchev–Trinajstić information content (AvgIpc) is 3.06. The van der Waals surface area contributed by atoms with E-state index in [9.17, 15) is 22.0 Å². The summed E-state index contributed by atoms with van der Waals surface area (Å²) < 4.78 is 53.6. The van der Waals surface area contributed by atoms with Gasteiger partial charge in [0.2, 0.25) is 0 Å². The fraction of sp³-hybridized carbons (Fsp3) is 0.240. The van der Waals surface area contributed by atoms with Crippen LogP contribution in [0.5, 0.6) is 0 Å². The summed E-state index contributed by atoms with van der Waals surface area (Å²) in [5.74, 6) is -0.892. The first-order valence-corrected chi connectivity index (χ1v) is 12.4. The molecule has 0 saturated carbocycles. The van der Waals surface area contributed by atoms with E-state index in [0.29, 0.717) is 37.4 Å². The maximum Gasteiger partial charge on any atom is 0.261 e. The zero-order valence-electron chi connectivity index (χ0n) is 18.5. The molecule has 0 radical (unpaired) electrons. The van der Waals surface area contributed by atoms with Crippen molar-refractivity contribution in [3.05, 3.63) is 95.6 Å². The van der Waals surface area contributed by atoms with E-state index < -0.39 is 15.8 Å². The molecule has 4 rings (SSSR count). The van der Waals surface area contributed by atoms with E-state index in [1.165, 1.54) is 36.4 Å². The van der Waals surface area contributed by atoms with Crippen LogP contribution in [-0.4, -0.2) is 50.3 Å². The molecule has 1 N–H and O–H groups in total. The maximum absolute atomic E-state index is 13.1. The molecule has 1 amide bonds. The first kappa shape index (κ1) is 23.8. The third kappa shape index (κ3) is 5.98. The number of hydrogen-bond acceptors (Lipinski definition) is 4. The van der Waals surface area contributed by atoms with E-state index in [4.69, 9.17) is 0 Å². The molecule has 1 heterocycles. The zero-order valence-corrected chi connectivity index (χ0v) is 19.3. The van der Waals surface area contributed by atoms with Crippen molar-refractivity contribution in [3.63, 3.8) is 0 Å². The number of halogens is 2.